The van der Waals surface area contributed by atoms with Crippen molar-refractivity contribution in [1.29, 1.82) is 0 Å². The highest BCUT2D eigenvalue weighted by Gasteiger charge is 2.28. The van der Waals surface area contributed by atoms with Gasteiger partial charge in [-0.2, -0.15) is 5.10 Å². The Morgan fingerprint density at radius 2 is 1.76 bits per heavy atom. The molecule has 0 saturated carbocycles. The molecule has 1 aliphatic rings. The fraction of sp³-hybridized carbons (Fsp3) is 0.304. The van der Waals surface area contributed by atoms with Crippen LogP contribution in [0.4, 0.5) is 0 Å². The molecule has 1 aliphatic heterocycles. The number of aliphatic hydroxyl groups is 1. The lowest BCUT2D eigenvalue weighted by Crippen LogP contribution is -3.15. The second-order valence-corrected chi connectivity index (χ2v) is 7.55. The van der Waals surface area contributed by atoms with Gasteiger partial charge in [0.2, 0.25) is 0 Å². The van der Waals surface area contributed by atoms with E-state index in [1.165, 1.54) is 10.5 Å². The number of nitrogens with one attached hydrogen (secondary N) is 1. The van der Waals surface area contributed by atoms with Crippen LogP contribution in [0.3, 0.4) is 0 Å². The van der Waals surface area contributed by atoms with E-state index in [4.69, 9.17) is 10.2 Å². The lowest BCUT2D eigenvalue weighted by molar-refractivity contribution is -0.904. The summed E-state index contributed by atoms with van der Waals surface area (Å²) >= 11 is 0. The van der Waals surface area contributed by atoms with Crippen LogP contribution in [-0.4, -0.2) is 65.0 Å². The van der Waals surface area contributed by atoms with Crippen LogP contribution in [0.15, 0.2) is 60.8 Å². The first-order valence-corrected chi connectivity index (χ1v) is 10.1. The van der Waals surface area contributed by atoms with E-state index in [2.05, 4.69) is 0 Å². The molecule has 150 valence electrons. The number of nitrogens with zero attached hydrogens (tertiary/aromatic N) is 3. The second kappa shape index (κ2) is 8.59. The number of piperazine rings is 1. The van der Waals surface area contributed by atoms with Gasteiger partial charge < -0.3 is 14.9 Å². The van der Waals surface area contributed by atoms with Gasteiger partial charge in [0, 0.05) is 11.8 Å². The minimum absolute atomic E-state index is 0.0193. The van der Waals surface area contributed by atoms with Crippen LogP contribution in [0.25, 0.3) is 16.9 Å². The fourth-order valence-corrected chi connectivity index (χ4v) is 3.77. The zero-order chi connectivity index (χ0) is 20.2. The number of hydrogen-bond acceptors (Lipinski definition) is 3. The Labute approximate surface area is 171 Å². The van der Waals surface area contributed by atoms with Crippen molar-refractivity contribution in [2.75, 3.05) is 39.3 Å². The third-order valence-electron chi connectivity index (χ3n) is 5.51. The number of carbonyl (C=O) groups excluding carboxylic acids is 1. The number of quaternary nitrogens is 1. The van der Waals surface area contributed by atoms with Crippen LogP contribution < -0.4 is 4.90 Å². The highest BCUT2D eigenvalue weighted by molar-refractivity contribution is 6.00. The van der Waals surface area contributed by atoms with Crippen LogP contribution in [0.1, 0.15) is 15.9 Å². The van der Waals surface area contributed by atoms with Crippen molar-refractivity contribution >= 4 is 5.91 Å². The van der Waals surface area contributed by atoms with E-state index in [0.29, 0.717) is 24.3 Å². The molecule has 0 spiro atoms. The predicted octanol–water partition coefficient (Wildman–Crippen LogP) is 1.18. The van der Waals surface area contributed by atoms with E-state index >= 15 is 0 Å². The van der Waals surface area contributed by atoms with E-state index in [1.54, 1.807) is 4.68 Å². The van der Waals surface area contributed by atoms with Gasteiger partial charge in [-0.15, -0.1) is 0 Å². The van der Waals surface area contributed by atoms with E-state index < -0.39 is 0 Å². The molecule has 1 aromatic heterocycles. The first-order valence-electron chi connectivity index (χ1n) is 10.1. The average Bonchev–Trinajstić information content (AvgIpc) is 3.21. The molecular weight excluding hydrogens is 364 g/mol. The summed E-state index contributed by atoms with van der Waals surface area (Å²) in [4.78, 5) is 16.6. The Balaban J connectivity index is 1.67. The standard InChI is InChI=1S/C23H26N4O2/c1-18-7-9-19(10-8-18)22-21(17-27(24-22)20-5-3-2-4-6-20)23(29)26-13-11-25(12-14-26)15-16-28/h2-10,17,28H,11-16H2,1H3/p+1. The zero-order valence-electron chi connectivity index (χ0n) is 16.7. The van der Waals surface area contributed by atoms with Gasteiger partial charge in [-0.1, -0.05) is 48.0 Å². The smallest absolute Gasteiger partial charge is 0.258 e. The van der Waals surface area contributed by atoms with Gasteiger partial charge in [0.05, 0.1) is 44.0 Å². The number of rotatable bonds is 5. The van der Waals surface area contributed by atoms with Gasteiger partial charge in [-0.05, 0) is 19.1 Å². The van der Waals surface area contributed by atoms with E-state index in [9.17, 15) is 4.79 Å². The molecule has 0 aliphatic carbocycles. The molecular formula is C23H27N4O2+. The topological polar surface area (TPSA) is 62.8 Å². The highest BCUT2D eigenvalue weighted by Crippen LogP contribution is 2.25. The summed E-state index contributed by atoms with van der Waals surface area (Å²) < 4.78 is 1.79. The minimum atomic E-state index is 0.0193. The lowest BCUT2D eigenvalue weighted by Gasteiger charge is -2.31. The molecule has 1 fully saturated rings. The molecule has 2 heterocycles. The predicted molar refractivity (Wildman–Crippen MR) is 112 cm³/mol. The monoisotopic (exact) mass is 391 g/mol. The van der Waals surface area contributed by atoms with Gasteiger partial charge in [-0.25, -0.2) is 4.68 Å². The summed E-state index contributed by atoms with van der Waals surface area (Å²) in [5.41, 5.74) is 4.38. The number of benzene rings is 2. The van der Waals surface area contributed by atoms with Crippen molar-refractivity contribution in [3.05, 3.63) is 71.9 Å². The largest absolute Gasteiger partial charge is 0.391 e. The molecule has 6 nitrogen and oxygen atoms in total. The van der Waals surface area contributed by atoms with Gasteiger partial charge in [-0.3, -0.25) is 4.79 Å². The second-order valence-electron chi connectivity index (χ2n) is 7.55. The summed E-state index contributed by atoms with van der Waals surface area (Å²) in [6.07, 6.45) is 1.85. The van der Waals surface area contributed by atoms with Gasteiger partial charge >= 0.3 is 0 Å². The van der Waals surface area contributed by atoms with Gasteiger partial charge in [0.25, 0.3) is 5.91 Å². The summed E-state index contributed by atoms with van der Waals surface area (Å²) in [7, 11) is 0. The third kappa shape index (κ3) is 4.23. The molecule has 3 aromatic rings. The fourth-order valence-electron chi connectivity index (χ4n) is 3.77. The van der Waals surface area contributed by atoms with Crippen LogP contribution in [0.5, 0.6) is 0 Å². The molecule has 2 aromatic carbocycles. The first-order chi connectivity index (χ1) is 14.2. The van der Waals surface area contributed by atoms with Crippen LogP contribution >= 0.6 is 0 Å². The number of aryl methyl sites for hydroxylation is 1. The van der Waals surface area contributed by atoms with E-state index in [0.717, 1.165) is 30.9 Å². The first kappa shape index (κ1) is 19.4. The summed E-state index contributed by atoms with van der Waals surface area (Å²) in [5.74, 6) is 0.0193. The normalized spacial score (nSPS) is 14.9. The quantitative estimate of drug-likeness (QED) is 0.687. The Morgan fingerprint density at radius 3 is 2.41 bits per heavy atom. The van der Waals surface area contributed by atoms with E-state index in [1.807, 2.05) is 72.6 Å². The molecule has 2 N–H and O–H groups in total. The summed E-state index contributed by atoms with van der Waals surface area (Å²) in [5, 5.41) is 13.9. The molecule has 6 heteroatoms. The Bertz CT molecular complexity index is 958. The molecule has 29 heavy (non-hydrogen) atoms. The highest BCUT2D eigenvalue weighted by atomic mass is 16.3. The maximum atomic E-state index is 13.4. The molecule has 1 saturated heterocycles. The van der Waals surface area contributed by atoms with Crippen LogP contribution in [0, 0.1) is 6.92 Å². The van der Waals surface area contributed by atoms with Crippen molar-refractivity contribution in [1.82, 2.24) is 14.7 Å². The van der Waals surface area contributed by atoms with Crippen molar-refractivity contribution < 1.29 is 14.8 Å². The van der Waals surface area contributed by atoms with Crippen molar-refractivity contribution in [2.45, 2.75) is 6.92 Å². The summed E-state index contributed by atoms with van der Waals surface area (Å²) in [6, 6.07) is 18.0. The number of amides is 1. The number of para-hydroxylation sites is 1. The molecule has 0 atom stereocenters. The Kier molecular flexibility index (Phi) is 5.74. The van der Waals surface area contributed by atoms with Crippen molar-refractivity contribution in [2.24, 2.45) is 0 Å². The van der Waals surface area contributed by atoms with Crippen LogP contribution in [-0.2, 0) is 0 Å². The third-order valence-corrected chi connectivity index (χ3v) is 5.51. The average molecular weight is 391 g/mol. The molecule has 0 radical (unpaired) electrons. The Hall–Kier alpha value is -2.96. The molecule has 0 unspecified atom stereocenters. The molecule has 4 rings (SSSR count). The maximum Gasteiger partial charge on any atom is 0.258 e. The molecule has 1 amide bonds. The summed E-state index contributed by atoms with van der Waals surface area (Å²) in [6.45, 7) is 6.08. The van der Waals surface area contributed by atoms with Crippen molar-refractivity contribution in [3.63, 3.8) is 0 Å². The number of hydrogen-bond donors (Lipinski definition) is 2. The zero-order valence-corrected chi connectivity index (χ0v) is 16.7. The lowest BCUT2D eigenvalue weighted by atomic mass is 10.1. The minimum Gasteiger partial charge on any atom is -0.391 e. The number of aromatic nitrogens is 2. The van der Waals surface area contributed by atoms with Crippen LogP contribution in [0.2, 0.25) is 0 Å². The number of carbonyl (C=O) groups is 1. The Morgan fingerprint density at radius 1 is 1.07 bits per heavy atom. The van der Waals surface area contributed by atoms with Gasteiger partial charge in [0.1, 0.15) is 12.2 Å². The van der Waals surface area contributed by atoms with E-state index in [-0.39, 0.29) is 12.5 Å². The SMILES string of the molecule is Cc1ccc(-c2nn(-c3ccccc3)cc2C(=O)N2CC[NH+](CCO)CC2)cc1. The van der Waals surface area contributed by atoms with Gasteiger partial charge in [0.15, 0.2) is 0 Å². The van der Waals surface area contributed by atoms with Crippen molar-refractivity contribution in [3.8, 4) is 16.9 Å². The maximum absolute atomic E-state index is 13.4. The molecule has 0 bridgehead atoms. The number of aliphatic hydroxyl groups excluding tert-OH is 1.